The highest BCUT2D eigenvalue weighted by atomic mass is 16.5. The summed E-state index contributed by atoms with van der Waals surface area (Å²) in [6.07, 6.45) is 4.41. The molecule has 0 aliphatic heterocycles. The number of para-hydroxylation sites is 2. The Morgan fingerprint density at radius 3 is 2.86 bits per heavy atom. The fourth-order valence-electron chi connectivity index (χ4n) is 2.32. The lowest BCUT2D eigenvalue weighted by Crippen LogP contribution is -2.15. The lowest BCUT2D eigenvalue weighted by molar-refractivity contribution is -0.144. The molecule has 0 fully saturated rings. The Balaban J connectivity index is 1.97. The molecule has 1 aromatic heterocycles. The summed E-state index contributed by atoms with van der Waals surface area (Å²) >= 11 is 0. The van der Waals surface area contributed by atoms with Crippen LogP contribution in [0, 0.1) is 0 Å². The number of rotatable bonds is 8. The predicted molar refractivity (Wildman–Crippen MR) is 84.4 cm³/mol. The maximum Gasteiger partial charge on any atom is 0.326 e. The van der Waals surface area contributed by atoms with Crippen molar-refractivity contribution in [2.75, 3.05) is 19.0 Å². The first-order valence-electron chi connectivity index (χ1n) is 7.55. The largest absolute Gasteiger partial charge is 0.464 e. The molecule has 2 rings (SSSR count). The molecule has 0 aliphatic rings. The van der Waals surface area contributed by atoms with Gasteiger partial charge in [-0.15, -0.1) is 0 Å². The molecule has 0 spiro atoms. The van der Waals surface area contributed by atoms with E-state index in [9.17, 15) is 4.79 Å². The van der Waals surface area contributed by atoms with Crippen LogP contribution in [0.15, 0.2) is 24.3 Å². The minimum atomic E-state index is -0.217. The van der Waals surface area contributed by atoms with Gasteiger partial charge in [0.25, 0.3) is 0 Å². The number of aromatic nitrogens is 2. The van der Waals surface area contributed by atoms with E-state index in [0.29, 0.717) is 12.6 Å². The maximum absolute atomic E-state index is 12.0. The van der Waals surface area contributed by atoms with Gasteiger partial charge >= 0.3 is 5.97 Å². The molecule has 0 saturated heterocycles. The Morgan fingerprint density at radius 2 is 2.10 bits per heavy atom. The van der Waals surface area contributed by atoms with Crippen LogP contribution in [0.1, 0.15) is 32.6 Å². The Hall–Kier alpha value is -2.04. The fourth-order valence-corrected chi connectivity index (χ4v) is 2.32. The molecule has 0 atom stereocenters. The van der Waals surface area contributed by atoms with Crippen molar-refractivity contribution in [3.8, 4) is 0 Å². The number of hydrogen-bond acceptors (Lipinski definition) is 4. The molecule has 0 bridgehead atoms. The highest BCUT2D eigenvalue weighted by Crippen LogP contribution is 2.19. The minimum absolute atomic E-state index is 0.185. The van der Waals surface area contributed by atoms with Crippen LogP contribution in [0.2, 0.25) is 0 Å². The van der Waals surface area contributed by atoms with E-state index in [4.69, 9.17) is 4.74 Å². The normalized spacial score (nSPS) is 10.8. The number of esters is 1. The number of nitrogens with one attached hydrogen (secondary N) is 1. The third-order valence-corrected chi connectivity index (χ3v) is 3.43. The van der Waals surface area contributed by atoms with Crippen molar-refractivity contribution < 1.29 is 9.53 Å². The standard InChI is InChI=1S/C16H23N3O2/c1-3-4-5-8-11-21-15(20)12-19-14-10-7-6-9-13(14)18-16(19)17-2/h6-7,9-10H,3-5,8,11-12H2,1-2H3,(H,17,18). The van der Waals surface area contributed by atoms with E-state index >= 15 is 0 Å². The van der Waals surface area contributed by atoms with Gasteiger partial charge in [-0.2, -0.15) is 0 Å². The average molecular weight is 289 g/mol. The van der Waals surface area contributed by atoms with E-state index in [0.717, 1.165) is 23.9 Å². The molecule has 5 nitrogen and oxygen atoms in total. The second-order valence-electron chi connectivity index (χ2n) is 5.04. The van der Waals surface area contributed by atoms with E-state index < -0.39 is 0 Å². The number of fused-ring (bicyclic) bond motifs is 1. The number of hydrogen-bond donors (Lipinski definition) is 1. The number of benzene rings is 1. The first-order chi connectivity index (χ1) is 10.3. The summed E-state index contributed by atoms with van der Waals surface area (Å²) in [5.41, 5.74) is 1.81. The van der Waals surface area contributed by atoms with Crippen molar-refractivity contribution in [2.24, 2.45) is 0 Å². The Labute approximate surface area is 125 Å². The summed E-state index contributed by atoms with van der Waals surface area (Å²) in [5, 5.41) is 3.02. The van der Waals surface area contributed by atoms with E-state index in [1.165, 1.54) is 12.8 Å². The molecule has 114 valence electrons. The first kappa shape index (κ1) is 15.4. The van der Waals surface area contributed by atoms with Crippen LogP contribution >= 0.6 is 0 Å². The second kappa shape index (κ2) is 7.67. The minimum Gasteiger partial charge on any atom is -0.464 e. The van der Waals surface area contributed by atoms with Crippen LogP contribution in [0.4, 0.5) is 5.95 Å². The Bertz CT molecular complexity index is 592. The monoisotopic (exact) mass is 289 g/mol. The molecule has 0 amide bonds. The summed E-state index contributed by atoms with van der Waals surface area (Å²) in [6, 6.07) is 7.77. The molecule has 5 heteroatoms. The molecular weight excluding hydrogens is 266 g/mol. The van der Waals surface area contributed by atoms with Crippen molar-refractivity contribution in [1.29, 1.82) is 0 Å². The molecule has 1 aromatic carbocycles. The number of imidazole rings is 1. The van der Waals surface area contributed by atoms with Crippen molar-refractivity contribution in [2.45, 2.75) is 39.2 Å². The van der Waals surface area contributed by atoms with Crippen LogP contribution in [-0.4, -0.2) is 29.2 Å². The molecule has 21 heavy (non-hydrogen) atoms. The van der Waals surface area contributed by atoms with Gasteiger partial charge in [-0.1, -0.05) is 38.3 Å². The summed E-state index contributed by atoms with van der Waals surface area (Å²) in [7, 11) is 1.80. The van der Waals surface area contributed by atoms with Crippen molar-refractivity contribution in [3.63, 3.8) is 0 Å². The lowest BCUT2D eigenvalue weighted by atomic mass is 10.2. The molecule has 1 N–H and O–H groups in total. The van der Waals surface area contributed by atoms with Gasteiger partial charge in [0.1, 0.15) is 6.54 Å². The SMILES string of the molecule is CCCCCCOC(=O)Cn1c(NC)nc2ccccc21. The molecular formula is C16H23N3O2. The molecule has 0 aliphatic carbocycles. The lowest BCUT2D eigenvalue weighted by Gasteiger charge is -2.09. The molecule has 1 heterocycles. The van der Waals surface area contributed by atoms with Crippen molar-refractivity contribution in [1.82, 2.24) is 9.55 Å². The topological polar surface area (TPSA) is 56.1 Å². The highest BCUT2D eigenvalue weighted by molar-refractivity contribution is 5.81. The third kappa shape index (κ3) is 3.97. The quantitative estimate of drug-likeness (QED) is 0.599. The van der Waals surface area contributed by atoms with Crippen molar-refractivity contribution >= 4 is 23.0 Å². The van der Waals surface area contributed by atoms with Gasteiger partial charge in [0.05, 0.1) is 17.6 Å². The van der Waals surface area contributed by atoms with Gasteiger partial charge in [0.2, 0.25) is 5.95 Å². The number of ether oxygens (including phenoxy) is 1. The van der Waals surface area contributed by atoms with Crippen LogP contribution in [0.25, 0.3) is 11.0 Å². The Kier molecular flexibility index (Phi) is 5.60. The molecule has 0 unspecified atom stereocenters. The average Bonchev–Trinajstić information content (AvgIpc) is 2.85. The van der Waals surface area contributed by atoms with E-state index in [2.05, 4.69) is 17.2 Å². The number of carbonyl (C=O) groups excluding carboxylic acids is 1. The zero-order valence-corrected chi connectivity index (χ0v) is 12.8. The molecule has 0 saturated carbocycles. The van der Waals surface area contributed by atoms with Gasteiger partial charge in [-0.25, -0.2) is 4.98 Å². The van der Waals surface area contributed by atoms with Gasteiger partial charge in [0.15, 0.2) is 0 Å². The number of carbonyl (C=O) groups is 1. The summed E-state index contributed by atoms with van der Waals surface area (Å²) in [4.78, 5) is 16.4. The van der Waals surface area contributed by atoms with Crippen LogP contribution in [-0.2, 0) is 16.1 Å². The first-order valence-corrected chi connectivity index (χ1v) is 7.55. The summed E-state index contributed by atoms with van der Waals surface area (Å²) in [5.74, 6) is 0.463. The third-order valence-electron chi connectivity index (χ3n) is 3.43. The fraction of sp³-hybridized carbons (Fsp3) is 0.500. The van der Waals surface area contributed by atoms with Gasteiger partial charge in [-0.05, 0) is 18.6 Å². The predicted octanol–water partition coefficient (Wildman–Crippen LogP) is 3.20. The number of nitrogens with zero attached hydrogens (tertiary/aromatic N) is 2. The summed E-state index contributed by atoms with van der Waals surface area (Å²) in [6.45, 7) is 2.85. The van der Waals surface area contributed by atoms with Gasteiger partial charge in [0, 0.05) is 7.05 Å². The van der Waals surface area contributed by atoms with Gasteiger partial charge in [-0.3, -0.25) is 9.36 Å². The Morgan fingerprint density at radius 1 is 1.29 bits per heavy atom. The van der Waals surface area contributed by atoms with Crippen LogP contribution in [0.5, 0.6) is 0 Å². The van der Waals surface area contributed by atoms with E-state index in [-0.39, 0.29) is 12.5 Å². The number of anilines is 1. The van der Waals surface area contributed by atoms with Gasteiger partial charge < -0.3 is 10.1 Å². The zero-order valence-electron chi connectivity index (χ0n) is 12.8. The second-order valence-corrected chi connectivity index (χ2v) is 5.04. The number of unbranched alkanes of at least 4 members (excludes halogenated alkanes) is 3. The summed E-state index contributed by atoms with van der Waals surface area (Å²) < 4.78 is 7.15. The van der Waals surface area contributed by atoms with E-state index in [1.54, 1.807) is 7.05 Å². The molecule has 0 radical (unpaired) electrons. The van der Waals surface area contributed by atoms with Crippen LogP contribution in [0.3, 0.4) is 0 Å². The smallest absolute Gasteiger partial charge is 0.326 e. The van der Waals surface area contributed by atoms with Crippen LogP contribution < -0.4 is 5.32 Å². The van der Waals surface area contributed by atoms with Crippen molar-refractivity contribution in [3.05, 3.63) is 24.3 Å². The highest BCUT2D eigenvalue weighted by Gasteiger charge is 2.13. The maximum atomic E-state index is 12.0. The molecule has 2 aromatic rings. The van der Waals surface area contributed by atoms with E-state index in [1.807, 2.05) is 28.8 Å². The zero-order chi connectivity index (χ0) is 15.1.